The molecule has 0 amide bonds. The zero-order chi connectivity index (χ0) is 8.97. The van der Waals surface area contributed by atoms with Crippen molar-refractivity contribution in [3.8, 4) is 0 Å². The summed E-state index contributed by atoms with van der Waals surface area (Å²) in [5.41, 5.74) is 1.64. The molecule has 0 heterocycles. The fourth-order valence-electron chi connectivity index (χ4n) is 2.20. The van der Waals surface area contributed by atoms with Crippen molar-refractivity contribution in [2.24, 2.45) is 11.8 Å². The largest absolute Gasteiger partial charge is 0.0856 e. The van der Waals surface area contributed by atoms with Gasteiger partial charge in [-0.15, -0.1) is 0 Å². The highest BCUT2D eigenvalue weighted by Gasteiger charge is 2.18. The van der Waals surface area contributed by atoms with Gasteiger partial charge < -0.3 is 0 Å². The van der Waals surface area contributed by atoms with E-state index in [1.54, 1.807) is 5.57 Å². The van der Waals surface area contributed by atoms with Crippen LogP contribution in [0.1, 0.15) is 52.9 Å². The first-order valence-corrected chi connectivity index (χ1v) is 5.40. The summed E-state index contributed by atoms with van der Waals surface area (Å²) in [6.07, 6.45) is 9.37. The van der Waals surface area contributed by atoms with E-state index in [9.17, 15) is 0 Å². The third kappa shape index (κ3) is 2.66. The Hall–Kier alpha value is -0.260. The summed E-state index contributed by atoms with van der Waals surface area (Å²) in [7, 11) is 0. The van der Waals surface area contributed by atoms with Crippen molar-refractivity contribution in [1.82, 2.24) is 0 Å². The van der Waals surface area contributed by atoms with Gasteiger partial charge in [-0.2, -0.15) is 0 Å². The molecule has 1 saturated carbocycles. The van der Waals surface area contributed by atoms with Crippen LogP contribution in [-0.4, -0.2) is 0 Å². The molecule has 0 N–H and O–H groups in total. The smallest absolute Gasteiger partial charge is 0.0206 e. The van der Waals surface area contributed by atoms with E-state index in [4.69, 9.17) is 0 Å². The summed E-state index contributed by atoms with van der Waals surface area (Å²) < 4.78 is 0. The Morgan fingerprint density at radius 1 is 1.25 bits per heavy atom. The van der Waals surface area contributed by atoms with Crippen LogP contribution in [0.15, 0.2) is 11.6 Å². The molecule has 1 fully saturated rings. The third-order valence-corrected chi connectivity index (χ3v) is 3.19. The van der Waals surface area contributed by atoms with E-state index in [2.05, 4.69) is 26.8 Å². The molecule has 12 heavy (non-hydrogen) atoms. The second kappa shape index (κ2) is 4.69. The summed E-state index contributed by atoms with van der Waals surface area (Å²) in [4.78, 5) is 0. The SMILES string of the molecule is CC/C=C(\C)C1CCC(C)CC1. The van der Waals surface area contributed by atoms with Crippen molar-refractivity contribution < 1.29 is 0 Å². The van der Waals surface area contributed by atoms with Crippen molar-refractivity contribution in [2.75, 3.05) is 0 Å². The molecule has 70 valence electrons. The van der Waals surface area contributed by atoms with Crippen LogP contribution >= 0.6 is 0 Å². The lowest BCUT2D eigenvalue weighted by Crippen LogP contribution is -2.13. The summed E-state index contributed by atoms with van der Waals surface area (Å²) in [5, 5.41) is 0. The standard InChI is InChI=1S/C12H22/c1-4-5-11(3)12-8-6-10(2)7-9-12/h5,10,12H,4,6-9H2,1-3H3/b11-5+. The van der Waals surface area contributed by atoms with Crippen molar-refractivity contribution in [2.45, 2.75) is 52.9 Å². The van der Waals surface area contributed by atoms with Crippen molar-refractivity contribution in [3.63, 3.8) is 0 Å². The Balaban J connectivity index is 2.39. The number of hydrogen-bond donors (Lipinski definition) is 0. The fraction of sp³-hybridized carbons (Fsp3) is 0.833. The van der Waals surface area contributed by atoms with Gasteiger partial charge in [-0.1, -0.05) is 38.3 Å². The Bertz CT molecular complexity index is 147. The maximum absolute atomic E-state index is 2.40. The van der Waals surface area contributed by atoms with Crippen LogP contribution in [0.3, 0.4) is 0 Å². The van der Waals surface area contributed by atoms with E-state index in [1.807, 2.05) is 0 Å². The van der Waals surface area contributed by atoms with Crippen LogP contribution in [0.4, 0.5) is 0 Å². The second-order valence-corrected chi connectivity index (χ2v) is 4.31. The van der Waals surface area contributed by atoms with Crippen LogP contribution in [0.25, 0.3) is 0 Å². The van der Waals surface area contributed by atoms with Gasteiger partial charge in [0.1, 0.15) is 0 Å². The molecule has 0 aromatic heterocycles. The van der Waals surface area contributed by atoms with E-state index < -0.39 is 0 Å². The topological polar surface area (TPSA) is 0 Å². The minimum atomic E-state index is 0.918. The van der Waals surface area contributed by atoms with E-state index in [0.717, 1.165) is 11.8 Å². The normalized spacial score (nSPS) is 32.1. The van der Waals surface area contributed by atoms with E-state index in [-0.39, 0.29) is 0 Å². The third-order valence-electron chi connectivity index (χ3n) is 3.19. The lowest BCUT2D eigenvalue weighted by atomic mass is 9.79. The highest BCUT2D eigenvalue weighted by atomic mass is 14.2. The van der Waals surface area contributed by atoms with Crippen LogP contribution in [0, 0.1) is 11.8 Å². The van der Waals surface area contributed by atoms with E-state index >= 15 is 0 Å². The predicted molar refractivity (Wildman–Crippen MR) is 55.2 cm³/mol. The summed E-state index contributed by atoms with van der Waals surface area (Å²) >= 11 is 0. The summed E-state index contributed by atoms with van der Waals surface area (Å²) in [6, 6.07) is 0. The van der Waals surface area contributed by atoms with Crippen molar-refractivity contribution in [3.05, 3.63) is 11.6 Å². The van der Waals surface area contributed by atoms with Gasteiger partial charge in [0.2, 0.25) is 0 Å². The predicted octanol–water partition coefficient (Wildman–Crippen LogP) is 4.17. The number of allylic oxidation sites excluding steroid dienone is 2. The Labute approximate surface area is 77.1 Å². The molecule has 1 aliphatic carbocycles. The maximum atomic E-state index is 2.40. The van der Waals surface area contributed by atoms with Gasteiger partial charge in [-0.05, 0) is 38.0 Å². The number of rotatable bonds is 2. The molecule has 1 aliphatic rings. The molecule has 0 nitrogen and oxygen atoms in total. The zero-order valence-corrected chi connectivity index (χ0v) is 8.77. The van der Waals surface area contributed by atoms with Crippen LogP contribution < -0.4 is 0 Å². The van der Waals surface area contributed by atoms with Gasteiger partial charge in [-0.25, -0.2) is 0 Å². The van der Waals surface area contributed by atoms with Gasteiger partial charge in [0.15, 0.2) is 0 Å². The van der Waals surface area contributed by atoms with E-state index in [1.165, 1.54) is 32.1 Å². The molecule has 0 bridgehead atoms. The van der Waals surface area contributed by atoms with Crippen molar-refractivity contribution >= 4 is 0 Å². The first kappa shape index (κ1) is 9.83. The van der Waals surface area contributed by atoms with Crippen molar-refractivity contribution in [1.29, 1.82) is 0 Å². The van der Waals surface area contributed by atoms with Crippen LogP contribution in [0.2, 0.25) is 0 Å². The Kier molecular flexibility index (Phi) is 3.84. The zero-order valence-electron chi connectivity index (χ0n) is 8.77. The Morgan fingerprint density at radius 3 is 2.33 bits per heavy atom. The second-order valence-electron chi connectivity index (χ2n) is 4.31. The minimum absolute atomic E-state index is 0.918. The molecule has 0 atom stereocenters. The molecular weight excluding hydrogens is 144 g/mol. The molecule has 0 heteroatoms. The van der Waals surface area contributed by atoms with Gasteiger partial charge in [0.05, 0.1) is 0 Å². The van der Waals surface area contributed by atoms with Gasteiger partial charge in [0, 0.05) is 0 Å². The first-order chi connectivity index (χ1) is 5.74. The summed E-state index contributed by atoms with van der Waals surface area (Å²) in [6.45, 7) is 6.92. The van der Waals surface area contributed by atoms with Crippen LogP contribution in [0.5, 0.6) is 0 Å². The lowest BCUT2D eigenvalue weighted by molar-refractivity contribution is 0.320. The molecule has 1 rings (SSSR count). The van der Waals surface area contributed by atoms with Gasteiger partial charge in [-0.3, -0.25) is 0 Å². The number of hydrogen-bond acceptors (Lipinski definition) is 0. The molecule has 0 saturated heterocycles. The maximum Gasteiger partial charge on any atom is -0.0206 e. The average molecular weight is 166 g/mol. The fourth-order valence-corrected chi connectivity index (χ4v) is 2.20. The highest BCUT2D eigenvalue weighted by molar-refractivity contribution is 5.04. The molecule has 0 aromatic rings. The molecule has 0 aliphatic heterocycles. The molecule has 0 radical (unpaired) electrons. The minimum Gasteiger partial charge on any atom is -0.0856 e. The summed E-state index contributed by atoms with van der Waals surface area (Å²) in [5.74, 6) is 1.90. The quantitative estimate of drug-likeness (QED) is 0.540. The molecule has 0 spiro atoms. The Morgan fingerprint density at radius 2 is 1.83 bits per heavy atom. The van der Waals surface area contributed by atoms with Gasteiger partial charge in [0.25, 0.3) is 0 Å². The molecule has 0 aromatic carbocycles. The van der Waals surface area contributed by atoms with Gasteiger partial charge >= 0.3 is 0 Å². The molecular formula is C12H22. The average Bonchev–Trinajstić information content (AvgIpc) is 2.06. The highest BCUT2D eigenvalue weighted by Crippen LogP contribution is 2.32. The van der Waals surface area contributed by atoms with E-state index in [0.29, 0.717) is 0 Å². The molecule has 0 unspecified atom stereocenters. The lowest BCUT2D eigenvalue weighted by Gasteiger charge is -2.26. The van der Waals surface area contributed by atoms with Crippen LogP contribution in [-0.2, 0) is 0 Å². The monoisotopic (exact) mass is 166 g/mol. The first-order valence-electron chi connectivity index (χ1n) is 5.40.